The van der Waals surface area contributed by atoms with E-state index in [1.165, 1.54) is 14.2 Å². The molecule has 2 fully saturated rings. The van der Waals surface area contributed by atoms with Gasteiger partial charge < -0.3 is 9.47 Å². The van der Waals surface area contributed by atoms with Crippen LogP contribution in [-0.2, 0) is 20.3 Å². The average molecular weight is 417 g/mol. The minimum atomic E-state index is -3.33. The van der Waals surface area contributed by atoms with Crippen molar-refractivity contribution in [2.45, 2.75) is 36.7 Å². The van der Waals surface area contributed by atoms with E-state index in [0.29, 0.717) is 15.8 Å². The molecule has 2 aliphatic rings. The summed E-state index contributed by atoms with van der Waals surface area (Å²) in [6.07, 6.45) is 4.01. The highest BCUT2D eigenvalue weighted by Crippen LogP contribution is 2.49. The number of benzene rings is 1. The Kier molecular flexibility index (Phi) is 4.93. The van der Waals surface area contributed by atoms with Crippen LogP contribution in [0.2, 0.25) is 0 Å². The molecular weight excluding hydrogens is 396 g/mol. The molecule has 132 valence electrons. The molecule has 3 rings (SSSR count). The molecule has 5 nitrogen and oxygen atoms in total. The van der Waals surface area contributed by atoms with Crippen LogP contribution in [0, 0.1) is 11.8 Å². The molecule has 0 saturated heterocycles. The van der Waals surface area contributed by atoms with Crippen molar-refractivity contribution in [3.05, 3.63) is 27.7 Å². The molecule has 0 heterocycles. The number of methoxy groups -OCH3 is 2. The summed E-state index contributed by atoms with van der Waals surface area (Å²) in [5.41, 5.74) is 0.622. The van der Waals surface area contributed by atoms with Crippen LogP contribution in [0.15, 0.2) is 16.6 Å². The molecule has 7 heteroatoms. The fourth-order valence-corrected chi connectivity index (χ4v) is 7.41. The molecule has 24 heavy (non-hydrogen) atoms. The number of carbonyl (C=O) groups is 1. The molecule has 2 bridgehead atoms. The Balaban J connectivity index is 1.99. The van der Waals surface area contributed by atoms with Crippen molar-refractivity contribution >= 4 is 31.7 Å². The minimum absolute atomic E-state index is 0.154. The first kappa shape index (κ1) is 17.7. The summed E-state index contributed by atoms with van der Waals surface area (Å²) in [5.74, 6) is 0.119. The van der Waals surface area contributed by atoms with E-state index in [1.807, 2.05) is 0 Å². The van der Waals surface area contributed by atoms with Crippen LogP contribution in [0.25, 0.3) is 0 Å². The molecule has 0 aromatic heterocycles. The van der Waals surface area contributed by atoms with Gasteiger partial charge in [-0.3, -0.25) is 0 Å². The van der Waals surface area contributed by atoms with Crippen molar-refractivity contribution in [2.75, 3.05) is 14.2 Å². The molecule has 1 aromatic carbocycles. The molecule has 0 amide bonds. The van der Waals surface area contributed by atoms with Crippen molar-refractivity contribution in [2.24, 2.45) is 11.8 Å². The van der Waals surface area contributed by atoms with Gasteiger partial charge in [0.1, 0.15) is 11.3 Å². The second-order valence-corrected chi connectivity index (χ2v) is 9.57. The molecule has 2 saturated carbocycles. The third-order valence-corrected chi connectivity index (χ3v) is 8.24. The summed E-state index contributed by atoms with van der Waals surface area (Å²) in [4.78, 5) is 12.2. The first-order valence-electron chi connectivity index (χ1n) is 8.04. The standard InChI is InChI=1S/C17H21BrO5S/c1-22-15-13(18)8-7-12(14(15)17(19)23-2)9-24(20,21)16-10-3-4-11(16)6-5-10/h7-8,10-11,16H,3-6,9H2,1-2H3. The number of halogens is 1. The number of fused-ring (bicyclic) bond motifs is 2. The van der Waals surface area contributed by atoms with Crippen LogP contribution >= 0.6 is 15.9 Å². The monoisotopic (exact) mass is 416 g/mol. The molecule has 2 aliphatic carbocycles. The van der Waals surface area contributed by atoms with Gasteiger partial charge in [-0.25, -0.2) is 13.2 Å². The molecule has 0 N–H and O–H groups in total. The zero-order valence-corrected chi connectivity index (χ0v) is 16.2. The summed E-state index contributed by atoms with van der Waals surface area (Å²) in [6, 6.07) is 3.37. The van der Waals surface area contributed by atoms with Gasteiger partial charge in [0.15, 0.2) is 9.84 Å². The van der Waals surface area contributed by atoms with E-state index >= 15 is 0 Å². The first-order chi connectivity index (χ1) is 11.4. The van der Waals surface area contributed by atoms with Crippen LogP contribution in [0.4, 0.5) is 0 Å². The van der Waals surface area contributed by atoms with Gasteiger partial charge >= 0.3 is 5.97 Å². The number of sulfone groups is 1. The van der Waals surface area contributed by atoms with E-state index in [9.17, 15) is 13.2 Å². The van der Waals surface area contributed by atoms with E-state index in [2.05, 4.69) is 15.9 Å². The number of esters is 1. The van der Waals surface area contributed by atoms with Crippen molar-refractivity contribution in [1.29, 1.82) is 0 Å². The maximum absolute atomic E-state index is 13.0. The maximum Gasteiger partial charge on any atom is 0.342 e. The third-order valence-electron chi connectivity index (χ3n) is 5.31. The molecule has 0 aliphatic heterocycles. The SMILES string of the molecule is COC(=O)c1c(CS(=O)(=O)C2C3CCC2CC3)ccc(Br)c1OC. The predicted molar refractivity (Wildman–Crippen MR) is 93.9 cm³/mol. The Morgan fingerprint density at radius 3 is 2.25 bits per heavy atom. The van der Waals surface area contributed by atoms with E-state index in [4.69, 9.17) is 9.47 Å². The van der Waals surface area contributed by atoms with Gasteiger partial charge in [-0.05, 0) is 65.1 Å². The lowest BCUT2D eigenvalue weighted by molar-refractivity contribution is 0.0596. The van der Waals surface area contributed by atoms with Crippen LogP contribution in [0.1, 0.15) is 41.6 Å². The third kappa shape index (κ3) is 2.96. The van der Waals surface area contributed by atoms with E-state index in [-0.39, 0.29) is 28.4 Å². The molecule has 0 unspecified atom stereocenters. The molecule has 0 radical (unpaired) electrons. The van der Waals surface area contributed by atoms with E-state index in [1.54, 1.807) is 12.1 Å². The second kappa shape index (κ2) is 6.67. The van der Waals surface area contributed by atoms with Crippen molar-refractivity contribution in [3.8, 4) is 5.75 Å². The number of rotatable bonds is 5. The predicted octanol–water partition coefficient (Wildman–Crippen LogP) is 3.35. The Hall–Kier alpha value is -1.08. The number of hydrogen-bond donors (Lipinski definition) is 0. The average Bonchev–Trinajstić information content (AvgIpc) is 3.16. The summed E-state index contributed by atoms with van der Waals surface area (Å²) in [5, 5.41) is -0.266. The van der Waals surface area contributed by atoms with Crippen molar-refractivity contribution < 1.29 is 22.7 Å². The van der Waals surface area contributed by atoms with Crippen molar-refractivity contribution in [3.63, 3.8) is 0 Å². The molecule has 0 atom stereocenters. The van der Waals surface area contributed by atoms with Gasteiger partial charge in [0, 0.05) is 0 Å². The Morgan fingerprint density at radius 1 is 1.17 bits per heavy atom. The number of carbonyl (C=O) groups excluding carboxylic acids is 1. The van der Waals surface area contributed by atoms with Crippen LogP contribution in [0.5, 0.6) is 5.75 Å². The Labute approximate surface area is 150 Å². The van der Waals surface area contributed by atoms with Gasteiger partial charge in [-0.2, -0.15) is 0 Å². The highest BCUT2D eigenvalue weighted by Gasteiger charge is 2.48. The highest BCUT2D eigenvalue weighted by atomic mass is 79.9. The van der Waals surface area contributed by atoms with E-state index < -0.39 is 15.8 Å². The summed E-state index contributed by atoms with van der Waals surface area (Å²) >= 11 is 3.33. The first-order valence-corrected chi connectivity index (χ1v) is 10.5. The zero-order chi connectivity index (χ0) is 17.5. The highest BCUT2D eigenvalue weighted by molar-refractivity contribution is 9.10. The second-order valence-electron chi connectivity index (χ2n) is 6.55. The van der Waals surface area contributed by atoms with Gasteiger partial charge in [0.2, 0.25) is 0 Å². The molecule has 0 spiro atoms. The van der Waals surface area contributed by atoms with Crippen LogP contribution in [0.3, 0.4) is 0 Å². The molecular formula is C17H21BrO5S. The van der Waals surface area contributed by atoms with Gasteiger partial charge in [-0.15, -0.1) is 0 Å². The van der Waals surface area contributed by atoms with Crippen molar-refractivity contribution in [1.82, 2.24) is 0 Å². The van der Waals surface area contributed by atoms with E-state index in [0.717, 1.165) is 25.7 Å². The lowest BCUT2D eigenvalue weighted by atomic mass is 10.0. The van der Waals surface area contributed by atoms with Gasteiger partial charge in [0.05, 0.1) is 29.7 Å². The van der Waals surface area contributed by atoms with Crippen LogP contribution < -0.4 is 4.74 Å². The summed E-state index contributed by atoms with van der Waals surface area (Å²) in [7, 11) is -0.607. The summed E-state index contributed by atoms with van der Waals surface area (Å²) < 4.78 is 36.7. The fraction of sp³-hybridized carbons (Fsp3) is 0.588. The van der Waals surface area contributed by atoms with Gasteiger partial charge in [-0.1, -0.05) is 6.07 Å². The zero-order valence-electron chi connectivity index (χ0n) is 13.7. The number of ether oxygens (including phenoxy) is 2. The maximum atomic E-state index is 13.0. The molecule has 1 aromatic rings. The largest absolute Gasteiger partial charge is 0.495 e. The normalized spacial score (nSPS) is 25.7. The number of hydrogen-bond acceptors (Lipinski definition) is 5. The fourth-order valence-electron chi connectivity index (χ4n) is 4.33. The lowest BCUT2D eigenvalue weighted by Gasteiger charge is -2.19. The Morgan fingerprint density at radius 2 is 1.75 bits per heavy atom. The van der Waals surface area contributed by atoms with Crippen LogP contribution in [-0.4, -0.2) is 33.9 Å². The topological polar surface area (TPSA) is 69.7 Å². The smallest absolute Gasteiger partial charge is 0.342 e. The Bertz CT molecular complexity index is 738. The quantitative estimate of drug-likeness (QED) is 0.688. The minimum Gasteiger partial charge on any atom is -0.495 e. The lowest BCUT2D eigenvalue weighted by Crippen LogP contribution is -2.28. The summed E-state index contributed by atoms with van der Waals surface area (Å²) in [6.45, 7) is 0. The van der Waals surface area contributed by atoms with Gasteiger partial charge in [0.25, 0.3) is 0 Å².